The van der Waals surface area contributed by atoms with Gasteiger partial charge in [-0.1, -0.05) is 45.0 Å². The zero-order valence-corrected chi connectivity index (χ0v) is 17.9. The third kappa shape index (κ3) is 6.24. The van der Waals surface area contributed by atoms with E-state index < -0.39 is 18.0 Å². The van der Waals surface area contributed by atoms with E-state index in [4.69, 9.17) is 14.2 Å². The lowest BCUT2D eigenvalue weighted by molar-refractivity contribution is -0.155. The number of carbonyl (C=O) groups excluding carboxylic acids is 2. The zero-order chi connectivity index (χ0) is 21.6. The molecule has 0 saturated heterocycles. The average Bonchev–Trinajstić information content (AvgIpc) is 2.66. The highest BCUT2D eigenvalue weighted by Crippen LogP contribution is 2.31. The lowest BCUT2D eigenvalue weighted by Gasteiger charge is -2.22. The Morgan fingerprint density at radius 3 is 2.41 bits per heavy atom. The van der Waals surface area contributed by atoms with Crippen molar-refractivity contribution in [3.63, 3.8) is 0 Å². The summed E-state index contributed by atoms with van der Waals surface area (Å²) >= 11 is 0. The van der Waals surface area contributed by atoms with Crippen LogP contribution in [0.5, 0.6) is 11.5 Å². The molecule has 0 aromatic heterocycles. The van der Waals surface area contributed by atoms with Crippen LogP contribution in [0.25, 0.3) is 0 Å². The van der Waals surface area contributed by atoms with Crippen molar-refractivity contribution < 1.29 is 23.8 Å². The van der Waals surface area contributed by atoms with E-state index >= 15 is 0 Å². The van der Waals surface area contributed by atoms with Crippen LogP contribution in [-0.2, 0) is 19.7 Å². The van der Waals surface area contributed by atoms with Crippen molar-refractivity contribution in [1.82, 2.24) is 0 Å². The Kier molecular flexibility index (Phi) is 7.26. The number of methoxy groups -OCH3 is 1. The number of esters is 1. The molecular weight excluding hydrogens is 370 g/mol. The maximum atomic E-state index is 12.4. The minimum atomic E-state index is -0.978. The van der Waals surface area contributed by atoms with Gasteiger partial charge in [0.05, 0.1) is 12.8 Å². The van der Waals surface area contributed by atoms with Gasteiger partial charge in [0, 0.05) is 0 Å². The Morgan fingerprint density at radius 2 is 1.76 bits per heavy atom. The van der Waals surface area contributed by atoms with Crippen molar-refractivity contribution in [2.24, 2.45) is 0 Å². The number of rotatable bonds is 7. The number of carbonyl (C=O) groups is 2. The Labute approximate surface area is 172 Å². The molecule has 6 nitrogen and oxygen atoms in total. The van der Waals surface area contributed by atoms with E-state index in [1.807, 2.05) is 37.3 Å². The summed E-state index contributed by atoms with van der Waals surface area (Å²) in [5, 5.41) is 2.73. The number of nitrogens with one attached hydrogen (secondary N) is 1. The van der Waals surface area contributed by atoms with Gasteiger partial charge in [0.15, 0.2) is 12.7 Å². The van der Waals surface area contributed by atoms with E-state index in [0.29, 0.717) is 17.2 Å². The normalized spacial score (nSPS) is 12.1. The van der Waals surface area contributed by atoms with Gasteiger partial charge in [-0.05, 0) is 48.6 Å². The molecule has 0 fully saturated rings. The van der Waals surface area contributed by atoms with Crippen LogP contribution in [0.3, 0.4) is 0 Å². The molecule has 29 heavy (non-hydrogen) atoms. The first kappa shape index (κ1) is 22.3. The van der Waals surface area contributed by atoms with Gasteiger partial charge in [-0.2, -0.15) is 0 Å². The minimum Gasteiger partial charge on any atom is -0.495 e. The molecule has 1 N–H and O–H groups in total. The quantitative estimate of drug-likeness (QED) is 0.705. The van der Waals surface area contributed by atoms with Gasteiger partial charge in [0.25, 0.3) is 5.91 Å². The number of ether oxygens (including phenoxy) is 3. The van der Waals surface area contributed by atoms with Crippen molar-refractivity contribution in [3.8, 4) is 11.5 Å². The molecule has 2 aromatic carbocycles. The van der Waals surface area contributed by atoms with Gasteiger partial charge >= 0.3 is 5.97 Å². The van der Waals surface area contributed by atoms with E-state index in [1.165, 1.54) is 14.0 Å². The summed E-state index contributed by atoms with van der Waals surface area (Å²) in [6.45, 7) is 9.35. The molecule has 2 aromatic rings. The molecule has 6 heteroatoms. The molecule has 0 saturated carbocycles. The van der Waals surface area contributed by atoms with Crippen molar-refractivity contribution >= 4 is 17.6 Å². The summed E-state index contributed by atoms with van der Waals surface area (Å²) in [5.41, 5.74) is 2.36. The SMILES string of the molecule is COc1ccc(C)cc1NC(=O)[C@@H](C)OC(=O)COc1ccccc1C(C)(C)C. The molecule has 0 spiro atoms. The second-order valence-electron chi connectivity index (χ2n) is 7.86. The molecule has 0 heterocycles. The van der Waals surface area contributed by atoms with Crippen molar-refractivity contribution in [2.45, 2.75) is 46.1 Å². The molecule has 0 bridgehead atoms. The largest absolute Gasteiger partial charge is 0.495 e. The Bertz CT molecular complexity index is 870. The number of aryl methyl sites for hydroxylation is 1. The summed E-state index contributed by atoms with van der Waals surface area (Å²) in [4.78, 5) is 24.6. The third-order valence-electron chi connectivity index (χ3n) is 4.33. The van der Waals surface area contributed by atoms with Crippen LogP contribution in [0.15, 0.2) is 42.5 Å². The van der Waals surface area contributed by atoms with Crippen LogP contribution in [-0.4, -0.2) is 31.7 Å². The lowest BCUT2D eigenvalue weighted by Crippen LogP contribution is -2.32. The van der Waals surface area contributed by atoms with Gasteiger partial charge in [-0.3, -0.25) is 4.79 Å². The van der Waals surface area contributed by atoms with Gasteiger partial charge in [0.2, 0.25) is 0 Å². The minimum absolute atomic E-state index is 0.124. The second kappa shape index (κ2) is 9.45. The van der Waals surface area contributed by atoms with Crippen molar-refractivity contribution in [2.75, 3.05) is 19.0 Å². The fourth-order valence-electron chi connectivity index (χ4n) is 2.79. The maximum absolute atomic E-state index is 12.4. The highest BCUT2D eigenvalue weighted by Gasteiger charge is 2.22. The Balaban J connectivity index is 1.94. The number of hydrogen-bond donors (Lipinski definition) is 1. The third-order valence-corrected chi connectivity index (χ3v) is 4.33. The van der Waals surface area contributed by atoms with Gasteiger partial charge in [-0.15, -0.1) is 0 Å². The van der Waals surface area contributed by atoms with Crippen LogP contribution in [0.1, 0.15) is 38.8 Å². The summed E-state index contributed by atoms with van der Waals surface area (Å²) in [5.74, 6) is 0.0908. The average molecular weight is 399 g/mol. The molecule has 0 aliphatic rings. The maximum Gasteiger partial charge on any atom is 0.344 e. The topological polar surface area (TPSA) is 73.9 Å². The van der Waals surface area contributed by atoms with Crippen LogP contribution < -0.4 is 14.8 Å². The van der Waals surface area contributed by atoms with E-state index in [-0.39, 0.29) is 12.0 Å². The highest BCUT2D eigenvalue weighted by molar-refractivity contribution is 5.96. The molecular formula is C23H29NO5. The van der Waals surface area contributed by atoms with Crippen LogP contribution in [0.4, 0.5) is 5.69 Å². The smallest absolute Gasteiger partial charge is 0.344 e. The number of anilines is 1. The number of benzene rings is 2. The van der Waals surface area contributed by atoms with Gasteiger partial charge < -0.3 is 19.5 Å². The van der Waals surface area contributed by atoms with E-state index in [2.05, 4.69) is 26.1 Å². The molecule has 0 aliphatic heterocycles. The molecule has 2 rings (SSSR count). The van der Waals surface area contributed by atoms with Gasteiger partial charge in [-0.25, -0.2) is 4.79 Å². The lowest BCUT2D eigenvalue weighted by atomic mass is 9.86. The van der Waals surface area contributed by atoms with E-state index in [9.17, 15) is 9.59 Å². The van der Waals surface area contributed by atoms with Crippen LogP contribution >= 0.6 is 0 Å². The molecule has 0 aliphatic carbocycles. The molecule has 156 valence electrons. The predicted octanol–water partition coefficient (Wildman–Crippen LogP) is 4.25. The molecule has 1 atom stereocenters. The fraction of sp³-hybridized carbons (Fsp3) is 0.391. The monoisotopic (exact) mass is 399 g/mol. The first-order valence-corrected chi connectivity index (χ1v) is 9.49. The number of amides is 1. The molecule has 0 radical (unpaired) electrons. The Hall–Kier alpha value is -3.02. The van der Waals surface area contributed by atoms with E-state index in [0.717, 1.165) is 11.1 Å². The van der Waals surface area contributed by atoms with Gasteiger partial charge in [0.1, 0.15) is 11.5 Å². The summed E-state index contributed by atoms with van der Waals surface area (Å²) in [7, 11) is 1.52. The second-order valence-corrected chi connectivity index (χ2v) is 7.86. The van der Waals surface area contributed by atoms with Crippen molar-refractivity contribution in [1.29, 1.82) is 0 Å². The summed E-state index contributed by atoms with van der Waals surface area (Å²) < 4.78 is 16.1. The first-order chi connectivity index (χ1) is 13.6. The number of para-hydroxylation sites is 1. The van der Waals surface area contributed by atoms with Crippen LogP contribution in [0.2, 0.25) is 0 Å². The van der Waals surface area contributed by atoms with Crippen molar-refractivity contribution in [3.05, 3.63) is 53.6 Å². The van der Waals surface area contributed by atoms with E-state index in [1.54, 1.807) is 12.1 Å². The summed E-state index contributed by atoms with van der Waals surface area (Å²) in [6, 6.07) is 13.0. The predicted molar refractivity (Wildman–Crippen MR) is 113 cm³/mol. The fourth-order valence-corrected chi connectivity index (χ4v) is 2.79. The Morgan fingerprint density at radius 1 is 1.07 bits per heavy atom. The first-order valence-electron chi connectivity index (χ1n) is 9.49. The molecule has 1 amide bonds. The molecule has 0 unspecified atom stereocenters. The zero-order valence-electron chi connectivity index (χ0n) is 17.9. The number of hydrogen-bond acceptors (Lipinski definition) is 5. The summed E-state index contributed by atoms with van der Waals surface area (Å²) in [6.07, 6.45) is -0.978. The highest BCUT2D eigenvalue weighted by atomic mass is 16.6. The standard InChI is InChI=1S/C23H29NO5/c1-15-11-12-20(27-6)18(13-15)24-22(26)16(2)29-21(25)14-28-19-10-8-7-9-17(19)23(3,4)5/h7-13,16H,14H2,1-6H3,(H,24,26)/t16-/m1/s1. The van der Waals surface area contributed by atoms with Crippen LogP contribution in [0, 0.1) is 6.92 Å².